The molecule has 54 heavy (non-hydrogen) atoms. The molecular formula is C44H40N10. The number of benzene rings is 3. The van der Waals surface area contributed by atoms with Crippen molar-refractivity contribution < 1.29 is 0 Å². The molecule has 11 rings (SSSR count). The second kappa shape index (κ2) is 12.8. The lowest BCUT2D eigenvalue weighted by Crippen LogP contribution is -2.52. The van der Waals surface area contributed by atoms with Gasteiger partial charge in [-0.05, 0) is 68.1 Å². The van der Waals surface area contributed by atoms with E-state index in [1.165, 1.54) is 0 Å². The van der Waals surface area contributed by atoms with Gasteiger partial charge in [0.2, 0.25) is 11.9 Å². The van der Waals surface area contributed by atoms with Crippen molar-refractivity contribution in [2.75, 3.05) is 62.2 Å². The molecule has 0 atom stereocenters. The van der Waals surface area contributed by atoms with Crippen molar-refractivity contribution in [3.05, 3.63) is 97.1 Å². The molecule has 10 heteroatoms. The van der Waals surface area contributed by atoms with Gasteiger partial charge in [0.15, 0.2) is 0 Å². The highest BCUT2D eigenvalue weighted by molar-refractivity contribution is 6.07. The van der Waals surface area contributed by atoms with E-state index in [1.54, 1.807) is 0 Å². The van der Waals surface area contributed by atoms with E-state index in [1.807, 2.05) is 0 Å². The predicted octanol–water partition coefficient (Wildman–Crippen LogP) is 7.76. The van der Waals surface area contributed by atoms with Crippen molar-refractivity contribution in [1.29, 1.82) is 0 Å². The quantitative estimate of drug-likeness (QED) is 0.172. The van der Waals surface area contributed by atoms with Crippen LogP contribution in [-0.4, -0.2) is 94.0 Å². The molecule has 0 saturated carbocycles. The van der Waals surface area contributed by atoms with Gasteiger partial charge in [-0.2, -0.15) is 0 Å². The Labute approximate surface area is 313 Å². The third kappa shape index (κ3) is 5.30. The summed E-state index contributed by atoms with van der Waals surface area (Å²) < 4.78 is 0. The fraction of sp³-hybridized carbons (Fsp3) is 0.273. The average Bonchev–Trinajstić information content (AvgIpc) is 3.25. The lowest BCUT2D eigenvalue weighted by Gasteiger charge is -2.40. The Balaban J connectivity index is 0.965. The molecule has 0 unspecified atom stereocenters. The number of hydrogen-bond donors (Lipinski definition) is 0. The molecule has 2 saturated heterocycles. The average molecular weight is 709 g/mol. The highest BCUT2D eigenvalue weighted by Crippen LogP contribution is 2.33. The summed E-state index contributed by atoms with van der Waals surface area (Å²) in [7, 11) is 0. The SMILES string of the molecule is c1cc(-c2ccc3ccc4ccc(N5CCCN6CCCN=C65)nc4c3n2)cc(-c2ccc3ccc4ccc(N5CCCN6CCCN=C65)nc4c3n2)c1. The Morgan fingerprint density at radius 3 is 1.28 bits per heavy atom. The maximum absolute atomic E-state index is 5.28. The smallest absolute Gasteiger partial charge is 0.202 e. The maximum atomic E-state index is 5.28. The van der Waals surface area contributed by atoms with Crippen molar-refractivity contribution in [2.45, 2.75) is 25.7 Å². The molecule has 3 aromatic carbocycles. The zero-order valence-electron chi connectivity index (χ0n) is 30.2. The minimum absolute atomic E-state index is 0.875. The molecule has 10 nitrogen and oxygen atoms in total. The van der Waals surface area contributed by atoms with Crippen LogP contribution in [0.15, 0.2) is 107 Å². The number of guanidine groups is 2. The lowest BCUT2D eigenvalue weighted by molar-refractivity contribution is 0.359. The summed E-state index contributed by atoms with van der Waals surface area (Å²) in [6, 6.07) is 34.3. The highest BCUT2D eigenvalue weighted by Gasteiger charge is 2.29. The largest absolute Gasteiger partial charge is 0.342 e. The first-order valence-electron chi connectivity index (χ1n) is 19.4. The van der Waals surface area contributed by atoms with Crippen molar-refractivity contribution in [2.24, 2.45) is 9.98 Å². The Kier molecular flexibility index (Phi) is 7.41. The Hall–Kier alpha value is -6.16. The van der Waals surface area contributed by atoms with Gasteiger partial charge in [-0.3, -0.25) is 19.8 Å². The van der Waals surface area contributed by atoms with E-state index in [2.05, 4.69) is 117 Å². The molecule has 0 amide bonds. The van der Waals surface area contributed by atoms with Crippen molar-refractivity contribution in [1.82, 2.24) is 29.7 Å². The van der Waals surface area contributed by atoms with Gasteiger partial charge >= 0.3 is 0 Å². The van der Waals surface area contributed by atoms with E-state index in [0.717, 1.165) is 168 Å². The molecule has 0 radical (unpaired) electrons. The first kappa shape index (κ1) is 31.4. The lowest BCUT2D eigenvalue weighted by atomic mass is 10.0. The van der Waals surface area contributed by atoms with Gasteiger partial charge in [0.25, 0.3) is 0 Å². The van der Waals surface area contributed by atoms with E-state index in [-0.39, 0.29) is 0 Å². The number of anilines is 2. The summed E-state index contributed by atoms with van der Waals surface area (Å²) in [5, 5.41) is 4.31. The normalized spacial score (nSPS) is 17.6. The van der Waals surface area contributed by atoms with Gasteiger partial charge in [-0.25, -0.2) is 19.9 Å². The van der Waals surface area contributed by atoms with Crippen LogP contribution in [0.4, 0.5) is 11.6 Å². The number of aliphatic imine (C=N–C) groups is 2. The van der Waals surface area contributed by atoms with Crippen LogP contribution in [0.5, 0.6) is 0 Å². The molecule has 266 valence electrons. The fourth-order valence-electron chi connectivity index (χ4n) is 8.67. The maximum Gasteiger partial charge on any atom is 0.202 e. The van der Waals surface area contributed by atoms with Crippen LogP contribution in [-0.2, 0) is 0 Å². The van der Waals surface area contributed by atoms with Crippen molar-refractivity contribution in [3.8, 4) is 22.5 Å². The zero-order valence-corrected chi connectivity index (χ0v) is 30.2. The van der Waals surface area contributed by atoms with Crippen LogP contribution in [0.1, 0.15) is 25.7 Å². The van der Waals surface area contributed by atoms with E-state index in [0.29, 0.717) is 0 Å². The molecule has 0 N–H and O–H groups in total. The number of aromatic nitrogens is 4. The Morgan fingerprint density at radius 1 is 0.389 bits per heavy atom. The van der Waals surface area contributed by atoms with Crippen LogP contribution in [0.3, 0.4) is 0 Å². The van der Waals surface area contributed by atoms with Crippen LogP contribution in [0, 0.1) is 0 Å². The van der Waals surface area contributed by atoms with Gasteiger partial charge in [0.05, 0.1) is 33.5 Å². The van der Waals surface area contributed by atoms with Crippen molar-refractivity contribution in [3.63, 3.8) is 0 Å². The molecular weight excluding hydrogens is 669 g/mol. The minimum atomic E-state index is 0.875. The molecule has 7 aromatic rings. The third-order valence-corrected chi connectivity index (χ3v) is 11.4. The first-order chi connectivity index (χ1) is 26.7. The van der Waals surface area contributed by atoms with Gasteiger partial charge in [-0.15, -0.1) is 0 Å². The van der Waals surface area contributed by atoms with Crippen molar-refractivity contribution >= 4 is 67.2 Å². The summed E-state index contributed by atoms with van der Waals surface area (Å²) in [5.41, 5.74) is 7.53. The van der Waals surface area contributed by atoms with Crippen LogP contribution >= 0.6 is 0 Å². The molecule has 8 heterocycles. The summed E-state index contributed by atoms with van der Waals surface area (Å²) in [5.74, 6) is 3.99. The fourth-order valence-corrected chi connectivity index (χ4v) is 8.67. The Bertz CT molecular complexity index is 2510. The standard InChI is InChI=1S/C44H40N10/c1-6-33(35-16-12-29-8-10-31-14-18-37(49-41(31)39(29)47-35)53-26-4-24-51-22-2-20-45-43(51)53)28-34(7-1)36-17-13-30-9-11-32-15-19-38(50-42(32)40(30)48-36)54-27-5-25-52-23-3-21-46-44(52)54/h1,6-19,28H,2-5,20-27H2. The van der Waals surface area contributed by atoms with Gasteiger partial charge in [0, 0.05) is 85.0 Å². The number of fused-ring (bicyclic) bond motifs is 8. The molecule has 0 spiro atoms. The highest BCUT2D eigenvalue weighted by atomic mass is 15.4. The number of pyridine rings is 4. The Morgan fingerprint density at radius 2 is 0.796 bits per heavy atom. The summed E-state index contributed by atoms with van der Waals surface area (Å²) in [6.45, 7) is 7.85. The summed E-state index contributed by atoms with van der Waals surface area (Å²) in [6.07, 6.45) is 4.42. The minimum Gasteiger partial charge on any atom is -0.342 e. The van der Waals surface area contributed by atoms with E-state index < -0.39 is 0 Å². The zero-order chi connectivity index (χ0) is 35.6. The van der Waals surface area contributed by atoms with Crippen LogP contribution in [0.25, 0.3) is 66.1 Å². The number of rotatable bonds is 4. The number of hydrogen-bond acceptors (Lipinski definition) is 10. The molecule has 4 aliphatic heterocycles. The molecule has 4 aromatic heterocycles. The van der Waals surface area contributed by atoms with Gasteiger partial charge < -0.3 is 9.80 Å². The molecule has 0 aliphatic carbocycles. The van der Waals surface area contributed by atoms with E-state index in [4.69, 9.17) is 29.9 Å². The van der Waals surface area contributed by atoms with Crippen LogP contribution < -0.4 is 9.80 Å². The predicted molar refractivity (Wildman–Crippen MR) is 219 cm³/mol. The van der Waals surface area contributed by atoms with Gasteiger partial charge in [0.1, 0.15) is 11.6 Å². The first-order valence-corrected chi connectivity index (χ1v) is 19.4. The number of nitrogens with zero attached hydrogens (tertiary/aromatic N) is 10. The molecule has 4 aliphatic rings. The second-order valence-corrected chi connectivity index (χ2v) is 14.8. The second-order valence-electron chi connectivity index (χ2n) is 14.8. The van der Waals surface area contributed by atoms with E-state index >= 15 is 0 Å². The topological polar surface area (TPSA) is 89.2 Å². The summed E-state index contributed by atoms with van der Waals surface area (Å²) in [4.78, 5) is 40.3. The molecule has 0 bridgehead atoms. The molecule has 2 fully saturated rings. The third-order valence-electron chi connectivity index (χ3n) is 11.4. The van der Waals surface area contributed by atoms with Crippen LogP contribution in [0.2, 0.25) is 0 Å². The van der Waals surface area contributed by atoms with E-state index in [9.17, 15) is 0 Å². The monoisotopic (exact) mass is 708 g/mol. The van der Waals surface area contributed by atoms with Gasteiger partial charge in [-0.1, -0.05) is 54.6 Å². The summed E-state index contributed by atoms with van der Waals surface area (Å²) >= 11 is 0.